The van der Waals surface area contributed by atoms with Crippen LogP contribution in [0.2, 0.25) is 0 Å². The van der Waals surface area contributed by atoms with Crippen LogP contribution in [0.4, 0.5) is 4.39 Å². The molecule has 1 N–H and O–H groups in total. The molecule has 1 aliphatic heterocycles. The SMILES string of the molecule is CC1CN(C)CCN1Cc1cccc(F)c1O. The molecule has 1 fully saturated rings. The zero-order valence-corrected chi connectivity index (χ0v) is 10.4. The maximum Gasteiger partial charge on any atom is 0.165 e. The van der Waals surface area contributed by atoms with Crippen molar-refractivity contribution in [2.75, 3.05) is 26.7 Å². The zero-order chi connectivity index (χ0) is 12.4. The number of halogens is 1. The van der Waals surface area contributed by atoms with E-state index in [-0.39, 0.29) is 5.75 Å². The lowest BCUT2D eigenvalue weighted by Crippen LogP contribution is -2.49. The van der Waals surface area contributed by atoms with Crippen molar-refractivity contribution in [2.45, 2.75) is 19.5 Å². The summed E-state index contributed by atoms with van der Waals surface area (Å²) < 4.78 is 13.2. The van der Waals surface area contributed by atoms with Crippen LogP contribution in [0.15, 0.2) is 18.2 Å². The molecule has 3 nitrogen and oxygen atoms in total. The van der Waals surface area contributed by atoms with E-state index in [0.717, 1.165) is 19.6 Å². The van der Waals surface area contributed by atoms with Gasteiger partial charge in [-0.2, -0.15) is 0 Å². The fourth-order valence-corrected chi connectivity index (χ4v) is 2.32. The van der Waals surface area contributed by atoms with Crippen molar-refractivity contribution in [3.8, 4) is 5.75 Å². The Morgan fingerprint density at radius 1 is 1.41 bits per heavy atom. The van der Waals surface area contributed by atoms with Gasteiger partial charge >= 0.3 is 0 Å². The Hall–Kier alpha value is -1.13. The normalized spacial score (nSPS) is 22.9. The summed E-state index contributed by atoms with van der Waals surface area (Å²) in [6, 6.07) is 5.14. The van der Waals surface area contributed by atoms with E-state index in [4.69, 9.17) is 0 Å². The van der Waals surface area contributed by atoms with Crippen LogP contribution >= 0.6 is 0 Å². The average molecular weight is 238 g/mol. The van der Waals surface area contributed by atoms with Gasteiger partial charge in [-0.15, -0.1) is 0 Å². The van der Waals surface area contributed by atoms with Crippen molar-refractivity contribution in [1.82, 2.24) is 9.80 Å². The molecule has 1 unspecified atom stereocenters. The third kappa shape index (κ3) is 2.76. The average Bonchev–Trinajstić information content (AvgIpc) is 2.28. The first-order valence-corrected chi connectivity index (χ1v) is 5.97. The van der Waals surface area contributed by atoms with E-state index in [9.17, 15) is 9.50 Å². The number of piperazine rings is 1. The van der Waals surface area contributed by atoms with Crippen LogP contribution in [0.3, 0.4) is 0 Å². The van der Waals surface area contributed by atoms with Gasteiger partial charge in [0.25, 0.3) is 0 Å². The molecule has 0 aromatic heterocycles. The second-order valence-electron chi connectivity index (χ2n) is 4.83. The highest BCUT2D eigenvalue weighted by atomic mass is 19.1. The first-order chi connectivity index (χ1) is 8.08. The minimum atomic E-state index is -0.538. The monoisotopic (exact) mass is 238 g/mol. The molecule has 1 aromatic carbocycles. The highest BCUT2D eigenvalue weighted by molar-refractivity contribution is 5.33. The molecule has 0 spiro atoms. The van der Waals surface area contributed by atoms with Gasteiger partial charge in [-0.25, -0.2) is 4.39 Å². The van der Waals surface area contributed by atoms with Crippen LogP contribution in [0.5, 0.6) is 5.75 Å². The van der Waals surface area contributed by atoms with E-state index < -0.39 is 5.82 Å². The predicted octanol–water partition coefficient (Wildman–Crippen LogP) is 1.67. The van der Waals surface area contributed by atoms with Crippen LogP contribution in [0.25, 0.3) is 0 Å². The maximum absolute atomic E-state index is 13.2. The first kappa shape index (κ1) is 12.3. The quantitative estimate of drug-likeness (QED) is 0.849. The second-order valence-corrected chi connectivity index (χ2v) is 4.83. The summed E-state index contributed by atoms with van der Waals surface area (Å²) in [5.74, 6) is -0.747. The van der Waals surface area contributed by atoms with Crippen LogP contribution in [0.1, 0.15) is 12.5 Å². The molecular weight excluding hydrogens is 219 g/mol. The molecule has 1 heterocycles. The minimum Gasteiger partial charge on any atom is -0.505 e. The number of likely N-dealkylation sites (N-methyl/N-ethyl adjacent to an activating group) is 1. The van der Waals surface area contributed by atoms with Gasteiger partial charge in [0.2, 0.25) is 0 Å². The Bertz CT molecular complexity index is 397. The second kappa shape index (κ2) is 5.02. The largest absolute Gasteiger partial charge is 0.505 e. The summed E-state index contributed by atoms with van der Waals surface area (Å²) in [6.07, 6.45) is 0. The molecule has 1 aromatic rings. The van der Waals surface area contributed by atoms with Crippen LogP contribution < -0.4 is 0 Å². The molecule has 17 heavy (non-hydrogen) atoms. The lowest BCUT2D eigenvalue weighted by atomic mass is 10.1. The standard InChI is InChI=1S/C13H19FN2O/c1-10-8-15(2)6-7-16(10)9-11-4-3-5-12(14)13(11)17/h3-5,10,17H,6-9H2,1-2H3. The van der Waals surface area contributed by atoms with Gasteiger partial charge in [-0.3, -0.25) is 4.90 Å². The topological polar surface area (TPSA) is 26.7 Å². The Labute approximate surface area is 101 Å². The summed E-state index contributed by atoms with van der Waals surface area (Å²) in [4.78, 5) is 4.56. The summed E-state index contributed by atoms with van der Waals surface area (Å²) in [7, 11) is 2.10. The van der Waals surface area contributed by atoms with E-state index in [1.54, 1.807) is 12.1 Å². The first-order valence-electron chi connectivity index (χ1n) is 5.97. The zero-order valence-electron chi connectivity index (χ0n) is 10.4. The summed E-state index contributed by atoms with van der Waals surface area (Å²) in [5.41, 5.74) is 0.668. The molecule has 0 saturated carbocycles. The smallest absolute Gasteiger partial charge is 0.165 e. The van der Waals surface area contributed by atoms with E-state index >= 15 is 0 Å². The number of hydrogen-bond acceptors (Lipinski definition) is 3. The van der Waals surface area contributed by atoms with Gasteiger partial charge in [0.15, 0.2) is 11.6 Å². The molecule has 0 aliphatic carbocycles. The Balaban J connectivity index is 2.08. The van der Waals surface area contributed by atoms with Gasteiger partial charge in [0.1, 0.15) is 0 Å². The Morgan fingerprint density at radius 3 is 2.88 bits per heavy atom. The number of para-hydroxylation sites is 1. The van der Waals surface area contributed by atoms with E-state index in [0.29, 0.717) is 18.2 Å². The Morgan fingerprint density at radius 2 is 2.18 bits per heavy atom. The highest BCUT2D eigenvalue weighted by Gasteiger charge is 2.22. The van der Waals surface area contributed by atoms with Crippen molar-refractivity contribution in [3.05, 3.63) is 29.6 Å². The number of aromatic hydroxyl groups is 1. The summed E-state index contributed by atoms with van der Waals surface area (Å²) in [6.45, 7) is 5.74. The van der Waals surface area contributed by atoms with Crippen LogP contribution in [-0.2, 0) is 6.54 Å². The van der Waals surface area contributed by atoms with E-state index in [1.165, 1.54) is 6.07 Å². The number of phenols is 1. The number of phenolic OH excluding ortho intramolecular Hbond substituents is 1. The fraction of sp³-hybridized carbons (Fsp3) is 0.538. The van der Waals surface area contributed by atoms with Gasteiger partial charge in [-0.05, 0) is 20.0 Å². The molecule has 4 heteroatoms. The number of benzene rings is 1. The molecule has 1 atom stereocenters. The molecule has 1 aliphatic rings. The van der Waals surface area contributed by atoms with Crippen LogP contribution in [0, 0.1) is 5.82 Å². The van der Waals surface area contributed by atoms with Crippen molar-refractivity contribution in [1.29, 1.82) is 0 Å². The van der Waals surface area contributed by atoms with Crippen molar-refractivity contribution in [2.24, 2.45) is 0 Å². The van der Waals surface area contributed by atoms with Crippen molar-refractivity contribution >= 4 is 0 Å². The fourth-order valence-electron chi connectivity index (χ4n) is 2.32. The minimum absolute atomic E-state index is 0.210. The lowest BCUT2D eigenvalue weighted by molar-refractivity contribution is 0.0929. The molecule has 0 bridgehead atoms. The number of hydrogen-bond donors (Lipinski definition) is 1. The van der Waals surface area contributed by atoms with Crippen molar-refractivity contribution < 1.29 is 9.50 Å². The molecule has 0 amide bonds. The lowest BCUT2D eigenvalue weighted by Gasteiger charge is -2.38. The molecular formula is C13H19FN2O. The summed E-state index contributed by atoms with van der Waals surface area (Å²) >= 11 is 0. The molecule has 2 rings (SSSR count). The van der Waals surface area contributed by atoms with Gasteiger partial charge < -0.3 is 10.0 Å². The van der Waals surface area contributed by atoms with Gasteiger partial charge in [-0.1, -0.05) is 12.1 Å². The third-order valence-corrected chi connectivity index (χ3v) is 3.41. The molecule has 1 saturated heterocycles. The van der Waals surface area contributed by atoms with Gasteiger partial charge in [0.05, 0.1) is 0 Å². The van der Waals surface area contributed by atoms with E-state index in [2.05, 4.69) is 23.8 Å². The van der Waals surface area contributed by atoms with Crippen molar-refractivity contribution in [3.63, 3.8) is 0 Å². The molecule has 94 valence electrons. The predicted molar refractivity (Wildman–Crippen MR) is 65.4 cm³/mol. The van der Waals surface area contributed by atoms with E-state index in [1.807, 2.05) is 0 Å². The summed E-state index contributed by atoms with van der Waals surface area (Å²) in [5, 5.41) is 9.65. The maximum atomic E-state index is 13.2. The Kier molecular flexibility index (Phi) is 3.64. The number of nitrogens with zero attached hydrogens (tertiary/aromatic N) is 2. The third-order valence-electron chi connectivity index (χ3n) is 3.41. The van der Waals surface area contributed by atoms with Gasteiger partial charge in [0, 0.05) is 37.8 Å². The highest BCUT2D eigenvalue weighted by Crippen LogP contribution is 2.23. The number of rotatable bonds is 2. The molecule has 0 radical (unpaired) electrons. The van der Waals surface area contributed by atoms with Crippen LogP contribution in [-0.4, -0.2) is 47.6 Å².